The molecule has 2 fully saturated rings. The lowest BCUT2D eigenvalue weighted by molar-refractivity contribution is -0.139. The lowest BCUT2D eigenvalue weighted by Crippen LogP contribution is -2.70. The number of carbonyl (C=O) groups excluding carboxylic acids is 2. The number of rotatable bonds is 2. The Bertz CT molecular complexity index is 739. The number of nitrogens with zero attached hydrogens (tertiary/aromatic N) is 3. The van der Waals surface area contributed by atoms with Crippen molar-refractivity contribution in [2.45, 2.75) is 52.6 Å². The Labute approximate surface area is 173 Å². The van der Waals surface area contributed by atoms with Gasteiger partial charge >= 0.3 is 0 Å². The van der Waals surface area contributed by atoms with Crippen molar-refractivity contribution in [2.24, 2.45) is 5.41 Å². The molecule has 0 radical (unpaired) electrons. The lowest BCUT2D eigenvalue weighted by atomic mass is 9.90. The topological polar surface area (TPSA) is 43.9 Å². The van der Waals surface area contributed by atoms with E-state index in [9.17, 15) is 9.59 Å². The fraction of sp³-hybridized carbons (Fsp3) is 0.636. The van der Waals surface area contributed by atoms with Gasteiger partial charge in [-0.2, -0.15) is 0 Å². The van der Waals surface area contributed by atoms with E-state index in [-0.39, 0.29) is 28.8 Å². The third-order valence-corrected chi connectivity index (χ3v) is 5.93. The normalized spacial score (nSPS) is 22.7. The van der Waals surface area contributed by atoms with Gasteiger partial charge in [-0.15, -0.1) is 0 Å². The van der Waals surface area contributed by atoms with E-state index in [1.807, 2.05) is 9.80 Å². The molecule has 3 rings (SSSR count). The van der Waals surface area contributed by atoms with Crippen LogP contribution in [0.15, 0.2) is 24.3 Å². The summed E-state index contributed by atoms with van der Waals surface area (Å²) in [6, 6.07) is 7.24. The SMILES string of the molecule is CC(C)(C)CC(=O)N1CCN2C(C1)CN(C(=O)c1ccc(Cl)cc1)CC2(C)C. The first-order valence-corrected chi connectivity index (χ1v) is 10.4. The maximum Gasteiger partial charge on any atom is 0.253 e. The molecule has 2 aliphatic heterocycles. The second kappa shape index (κ2) is 7.68. The average Bonchev–Trinajstić information content (AvgIpc) is 2.59. The lowest BCUT2D eigenvalue weighted by Gasteiger charge is -2.55. The largest absolute Gasteiger partial charge is 0.340 e. The van der Waals surface area contributed by atoms with E-state index in [0.29, 0.717) is 36.6 Å². The fourth-order valence-electron chi connectivity index (χ4n) is 4.41. The van der Waals surface area contributed by atoms with Crippen molar-refractivity contribution in [1.29, 1.82) is 0 Å². The molecule has 0 N–H and O–H groups in total. The maximum absolute atomic E-state index is 13.1. The van der Waals surface area contributed by atoms with Crippen molar-refractivity contribution >= 4 is 23.4 Å². The number of hydrogen-bond acceptors (Lipinski definition) is 3. The van der Waals surface area contributed by atoms with Crippen LogP contribution in [0.1, 0.15) is 51.4 Å². The summed E-state index contributed by atoms with van der Waals surface area (Å²) in [4.78, 5) is 32.2. The minimum Gasteiger partial charge on any atom is -0.340 e. The summed E-state index contributed by atoms with van der Waals surface area (Å²) in [5.74, 6) is 0.244. The molecule has 2 heterocycles. The highest BCUT2D eigenvalue weighted by atomic mass is 35.5. The molecule has 154 valence electrons. The Kier molecular flexibility index (Phi) is 5.79. The highest BCUT2D eigenvalue weighted by molar-refractivity contribution is 6.30. The zero-order valence-electron chi connectivity index (χ0n) is 17.7. The van der Waals surface area contributed by atoms with Crippen LogP contribution in [0.5, 0.6) is 0 Å². The Morgan fingerprint density at radius 3 is 2.29 bits per heavy atom. The van der Waals surface area contributed by atoms with E-state index >= 15 is 0 Å². The van der Waals surface area contributed by atoms with Gasteiger partial charge in [0, 0.05) is 61.3 Å². The zero-order chi connectivity index (χ0) is 20.7. The maximum atomic E-state index is 13.1. The van der Waals surface area contributed by atoms with Gasteiger partial charge in [0.1, 0.15) is 0 Å². The highest BCUT2D eigenvalue weighted by Crippen LogP contribution is 2.30. The van der Waals surface area contributed by atoms with Gasteiger partial charge in [0.15, 0.2) is 0 Å². The van der Waals surface area contributed by atoms with Crippen molar-refractivity contribution in [3.8, 4) is 0 Å². The molecule has 28 heavy (non-hydrogen) atoms. The van der Waals surface area contributed by atoms with Crippen LogP contribution in [0.4, 0.5) is 0 Å². The Balaban J connectivity index is 1.74. The van der Waals surface area contributed by atoms with Gasteiger partial charge in [0.2, 0.25) is 5.91 Å². The summed E-state index contributed by atoms with van der Waals surface area (Å²) in [6.45, 7) is 14.3. The van der Waals surface area contributed by atoms with E-state index in [0.717, 1.165) is 13.1 Å². The molecule has 5 nitrogen and oxygen atoms in total. The summed E-state index contributed by atoms with van der Waals surface area (Å²) < 4.78 is 0. The fourth-order valence-corrected chi connectivity index (χ4v) is 4.53. The predicted molar refractivity (Wildman–Crippen MR) is 113 cm³/mol. The summed E-state index contributed by atoms with van der Waals surface area (Å²) in [5.41, 5.74) is 0.519. The molecule has 2 amide bonds. The van der Waals surface area contributed by atoms with Gasteiger partial charge < -0.3 is 9.80 Å². The van der Waals surface area contributed by atoms with Gasteiger partial charge in [0.05, 0.1) is 0 Å². The molecular weight excluding hydrogens is 374 g/mol. The van der Waals surface area contributed by atoms with Gasteiger partial charge in [-0.05, 0) is 43.5 Å². The summed E-state index contributed by atoms with van der Waals surface area (Å²) in [5, 5.41) is 0.627. The summed E-state index contributed by atoms with van der Waals surface area (Å²) in [7, 11) is 0. The molecule has 1 aromatic carbocycles. The first kappa shape index (κ1) is 21.1. The molecule has 6 heteroatoms. The number of carbonyl (C=O) groups is 2. The van der Waals surface area contributed by atoms with Crippen molar-refractivity contribution in [3.63, 3.8) is 0 Å². The highest BCUT2D eigenvalue weighted by Gasteiger charge is 2.44. The second-order valence-corrected chi connectivity index (χ2v) is 10.4. The Morgan fingerprint density at radius 1 is 1.07 bits per heavy atom. The Morgan fingerprint density at radius 2 is 1.68 bits per heavy atom. The average molecular weight is 406 g/mol. The molecule has 0 bridgehead atoms. The number of amides is 2. The standard InChI is InChI=1S/C22H32ClN3O2/c1-21(2,3)12-19(27)24-10-11-26-18(13-24)14-25(15-22(26,4)5)20(28)16-6-8-17(23)9-7-16/h6-9,18H,10-15H2,1-5H3. The minimum absolute atomic E-state index is 0.0172. The smallest absolute Gasteiger partial charge is 0.253 e. The van der Waals surface area contributed by atoms with Gasteiger partial charge in [0.25, 0.3) is 5.91 Å². The first-order valence-electron chi connectivity index (χ1n) is 10.1. The molecule has 0 aliphatic carbocycles. The molecule has 1 atom stereocenters. The van der Waals surface area contributed by atoms with E-state index in [1.54, 1.807) is 24.3 Å². The summed E-state index contributed by atoms with van der Waals surface area (Å²) >= 11 is 5.96. The molecule has 1 aromatic rings. The first-order chi connectivity index (χ1) is 13.0. The van der Waals surface area contributed by atoms with Crippen LogP contribution in [-0.4, -0.2) is 70.8 Å². The van der Waals surface area contributed by atoms with Crippen molar-refractivity contribution in [1.82, 2.24) is 14.7 Å². The summed E-state index contributed by atoms with van der Waals surface area (Å²) in [6.07, 6.45) is 0.552. The van der Waals surface area contributed by atoms with Crippen LogP contribution >= 0.6 is 11.6 Å². The number of halogens is 1. The van der Waals surface area contributed by atoms with E-state index in [2.05, 4.69) is 39.5 Å². The molecule has 1 unspecified atom stereocenters. The van der Waals surface area contributed by atoms with Crippen LogP contribution in [0, 0.1) is 5.41 Å². The number of piperazine rings is 2. The molecular formula is C22H32ClN3O2. The predicted octanol–water partition coefficient (Wildman–Crippen LogP) is 3.52. The van der Waals surface area contributed by atoms with Crippen molar-refractivity contribution in [2.75, 3.05) is 32.7 Å². The quantitative estimate of drug-likeness (QED) is 0.756. The van der Waals surface area contributed by atoms with Crippen LogP contribution in [0.3, 0.4) is 0 Å². The van der Waals surface area contributed by atoms with Crippen molar-refractivity contribution in [3.05, 3.63) is 34.9 Å². The molecule has 0 saturated carbocycles. The number of hydrogen-bond donors (Lipinski definition) is 0. The van der Waals surface area contributed by atoms with Gasteiger partial charge in [-0.25, -0.2) is 0 Å². The monoisotopic (exact) mass is 405 g/mol. The molecule has 0 aromatic heterocycles. The molecule has 2 aliphatic rings. The Hall–Kier alpha value is -1.59. The van der Waals surface area contributed by atoms with Gasteiger partial charge in [-0.3, -0.25) is 14.5 Å². The molecule has 2 saturated heterocycles. The van der Waals surface area contributed by atoms with E-state index < -0.39 is 0 Å². The van der Waals surface area contributed by atoms with Crippen LogP contribution < -0.4 is 0 Å². The van der Waals surface area contributed by atoms with Crippen LogP contribution in [0.25, 0.3) is 0 Å². The minimum atomic E-state index is -0.121. The van der Waals surface area contributed by atoms with Gasteiger partial charge in [-0.1, -0.05) is 32.4 Å². The molecule has 0 spiro atoms. The second-order valence-electron chi connectivity index (χ2n) is 9.93. The van der Waals surface area contributed by atoms with E-state index in [4.69, 9.17) is 11.6 Å². The zero-order valence-corrected chi connectivity index (χ0v) is 18.4. The third kappa shape index (κ3) is 4.69. The van der Waals surface area contributed by atoms with E-state index in [1.165, 1.54) is 0 Å². The van der Waals surface area contributed by atoms with Crippen LogP contribution in [0.2, 0.25) is 5.02 Å². The third-order valence-electron chi connectivity index (χ3n) is 5.68. The van der Waals surface area contributed by atoms with Crippen molar-refractivity contribution < 1.29 is 9.59 Å². The number of fused-ring (bicyclic) bond motifs is 1. The van der Waals surface area contributed by atoms with Crippen LogP contribution in [-0.2, 0) is 4.79 Å². The number of benzene rings is 1.